The van der Waals surface area contributed by atoms with Crippen molar-refractivity contribution >= 4 is 17.5 Å². The van der Waals surface area contributed by atoms with Crippen LogP contribution >= 0.6 is 17.5 Å². The Labute approximate surface area is 54.5 Å². The molecule has 0 fully saturated rings. The zero-order valence-electron chi connectivity index (χ0n) is 3.28. The zero-order chi connectivity index (χ0) is 6.50. The van der Waals surface area contributed by atoms with Crippen molar-refractivity contribution in [2.24, 2.45) is 0 Å². The van der Waals surface area contributed by atoms with E-state index >= 15 is 0 Å². The molecule has 0 spiro atoms. The normalized spacial score (nSPS) is 9.43. The summed E-state index contributed by atoms with van der Waals surface area (Å²) in [6.07, 6.45) is 0. The second kappa shape index (κ2) is 5.17. The van der Waals surface area contributed by atoms with Gasteiger partial charge in [0.05, 0.1) is 0 Å². The van der Waals surface area contributed by atoms with Crippen LogP contribution in [0.3, 0.4) is 0 Å². The fraction of sp³-hybridized carbons (Fsp3) is 0. The fourth-order valence-corrected chi connectivity index (χ4v) is 0. The number of halogens is 1. The Balaban J connectivity index is 0. The van der Waals surface area contributed by atoms with Crippen LogP contribution < -0.4 is 0 Å². The molecule has 0 bridgehead atoms. The molecule has 0 aliphatic rings. The summed E-state index contributed by atoms with van der Waals surface area (Å²) in [4.78, 5) is 21.6. The van der Waals surface area contributed by atoms with Gasteiger partial charge in [0, 0.05) is 0 Å². The summed E-state index contributed by atoms with van der Waals surface area (Å²) >= 11 is 0.847. The topological polar surface area (TPSA) is 77.8 Å². The van der Waals surface area contributed by atoms with Gasteiger partial charge in [-0.2, -0.15) is 0 Å². The molecule has 0 atom stereocenters. The van der Waals surface area contributed by atoms with E-state index in [0.29, 0.717) is 0 Å². The Bertz CT molecular complexity index is 57.8. The standard InChI is InChI=1S/ClH.H3O4P.Zn/c;1-5(2,3)4;/h1H;(H3,1,2,3,4);/q;;+1/p-1. The minimum atomic E-state index is -4.64. The third kappa shape index (κ3) is 169. The molecule has 0 aromatic carbocycles. The van der Waals surface area contributed by atoms with Gasteiger partial charge in [-0.3, -0.25) is 0 Å². The third-order valence-electron chi connectivity index (χ3n) is 0. The van der Waals surface area contributed by atoms with Crippen LogP contribution in [0.2, 0.25) is 0 Å². The second-order valence-electron chi connectivity index (χ2n) is 0.513. The first-order valence-electron chi connectivity index (χ1n) is 1.05. The Hall–Kier alpha value is 1.02. The predicted molar refractivity (Wildman–Crippen MR) is 20.1 cm³/mol. The molecule has 7 heavy (non-hydrogen) atoms. The zero-order valence-corrected chi connectivity index (χ0v) is 7.90. The molecule has 0 aliphatic heterocycles. The van der Waals surface area contributed by atoms with Gasteiger partial charge in [-0.1, -0.05) is 0 Å². The molecular formula is H3ClO4PZn. The molecule has 0 amide bonds. The first-order valence-corrected chi connectivity index (χ1v) is 6.51. The molecule has 0 unspecified atom stereocenters. The van der Waals surface area contributed by atoms with Gasteiger partial charge in [-0.15, -0.1) is 0 Å². The molecule has 41 valence electrons. The van der Waals surface area contributed by atoms with Crippen molar-refractivity contribution in [1.82, 2.24) is 0 Å². The van der Waals surface area contributed by atoms with Gasteiger partial charge in [0.1, 0.15) is 0 Å². The van der Waals surface area contributed by atoms with Crippen LogP contribution in [0, 0.1) is 0 Å². The van der Waals surface area contributed by atoms with Crippen molar-refractivity contribution in [3.63, 3.8) is 0 Å². The van der Waals surface area contributed by atoms with E-state index in [4.69, 9.17) is 28.9 Å². The van der Waals surface area contributed by atoms with Crippen molar-refractivity contribution in [2.75, 3.05) is 0 Å². The average Bonchev–Trinajstić information content (AvgIpc) is 1.36. The van der Waals surface area contributed by atoms with E-state index in [1.165, 1.54) is 0 Å². The maximum absolute atomic E-state index is 8.88. The van der Waals surface area contributed by atoms with Crippen molar-refractivity contribution < 1.29 is 36.6 Å². The van der Waals surface area contributed by atoms with Crippen molar-refractivity contribution in [3.05, 3.63) is 0 Å². The number of hydrogen-bond donors (Lipinski definition) is 3. The van der Waals surface area contributed by atoms with Gasteiger partial charge in [-0.05, 0) is 0 Å². The SMILES string of the molecule is O=P(O)(O)O.[Cl][Zn]. The Kier molecular flexibility index (Phi) is 8.05. The van der Waals surface area contributed by atoms with Crippen LogP contribution in [-0.4, -0.2) is 14.7 Å². The molecule has 0 rings (SSSR count). The molecule has 7 heteroatoms. The number of rotatable bonds is 0. The molecule has 0 aliphatic carbocycles. The van der Waals surface area contributed by atoms with Crippen LogP contribution in [0.4, 0.5) is 0 Å². The van der Waals surface area contributed by atoms with Crippen molar-refractivity contribution in [3.8, 4) is 0 Å². The van der Waals surface area contributed by atoms with E-state index in [-0.39, 0.29) is 0 Å². The van der Waals surface area contributed by atoms with Crippen LogP contribution in [0.5, 0.6) is 0 Å². The molecule has 4 nitrogen and oxygen atoms in total. The molecule has 0 aromatic rings. The molecule has 0 aromatic heterocycles. The van der Waals surface area contributed by atoms with Crippen LogP contribution in [0.15, 0.2) is 0 Å². The van der Waals surface area contributed by atoms with Crippen molar-refractivity contribution in [2.45, 2.75) is 0 Å². The summed E-state index contributed by atoms with van der Waals surface area (Å²) in [7, 11) is 0.125. The van der Waals surface area contributed by atoms with Crippen LogP contribution in [-0.2, 0) is 21.9 Å². The molecule has 3 N–H and O–H groups in total. The Morgan fingerprint density at radius 3 is 1.29 bits per heavy atom. The van der Waals surface area contributed by atoms with E-state index in [2.05, 4.69) is 0 Å². The summed E-state index contributed by atoms with van der Waals surface area (Å²) in [5.74, 6) is 0. The van der Waals surface area contributed by atoms with E-state index in [1.54, 1.807) is 0 Å². The van der Waals surface area contributed by atoms with Gasteiger partial charge >= 0.3 is 34.8 Å². The minimum absolute atomic E-state index is 0.847. The molecular weight excluding hydrogens is 196 g/mol. The van der Waals surface area contributed by atoms with Gasteiger partial charge in [0.2, 0.25) is 0 Å². The summed E-state index contributed by atoms with van der Waals surface area (Å²) in [6.45, 7) is 0. The quantitative estimate of drug-likeness (QED) is 0.371. The number of phosphoric acid groups is 1. The first kappa shape index (κ1) is 10.9. The van der Waals surface area contributed by atoms with E-state index in [1.807, 2.05) is 0 Å². The number of hydrogen-bond acceptors (Lipinski definition) is 1. The van der Waals surface area contributed by atoms with Gasteiger partial charge in [0.25, 0.3) is 0 Å². The molecule has 0 saturated carbocycles. The van der Waals surface area contributed by atoms with Crippen LogP contribution in [0.1, 0.15) is 0 Å². The summed E-state index contributed by atoms with van der Waals surface area (Å²) in [5.41, 5.74) is 0. The molecule has 0 heterocycles. The van der Waals surface area contributed by atoms with Crippen LogP contribution in [0.25, 0.3) is 0 Å². The fourth-order valence-electron chi connectivity index (χ4n) is 0. The summed E-state index contributed by atoms with van der Waals surface area (Å²) < 4.78 is 8.88. The predicted octanol–water partition coefficient (Wildman–Crippen LogP) is -0.242. The van der Waals surface area contributed by atoms with E-state index in [9.17, 15) is 0 Å². The monoisotopic (exact) mass is 197 g/mol. The second-order valence-corrected chi connectivity index (χ2v) is 1.54. The maximum atomic E-state index is 8.88. The van der Waals surface area contributed by atoms with E-state index < -0.39 is 7.82 Å². The first-order chi connectivity index (χ1) is 3.00. The summed E-state index contributed by atoms with van der Waals surface area (Å²) in [6, 6.07) is 0. The van der Waals surface area contributed by atoms with Gasteiger partial charge in [0.15, 0.2) is 0 Å². The van der Waals surface area contributed by atoms with Crippen molar-refractivity contribution in [1.29, 1.82) is 0 Å². The summed E-state index contributed by atoms with van der Waals surface area (Å²) in [5, 5.41) is 0. The van der Waals surface area contributed by atoms with Gasteiger partial charge in [-0.25, -0.2) is 4.57 Å². The molecule has 0 radical (unpaired) electrons. The third-order valence-corrected chi connectivity index (χ3v) is 0. The average molecular weight is 199 g/mol. The van der Waals surface area contributed by atoms with E-state index in [0.717, 1.165) is 17.3 Å². The Morgan fingerprint density at radius 1 is 1.29 bits per heavy atom. The van der Waals surface area contributed by atoms with Gasteiger partial charge < -0.3 is 14.7 Å². The molecule has 0 saturated heterocycles. The Morgan fingerprint density at radius 2 is 1.29 bits per heavy atom.